The highest BCUT2D eigenvalue weighted by Gasteiger charge is 2.43. The monoisotopic (exact) mass is 319 g/mol. The van der Waals surface area contributed by atoms with Crippen LogP contribution in [0.25, 0.3) is 0 Å². The van der Waals surface area contributed by atoms with Crippen LogP contribution in [0.2, 0.25) is 0 Å². The van der Waals surface area contributed by atoms with Crippen LogP contribution in [0.1, 0.15) is 43.1 Å². The molecule has 2 unspecified atom stereocenters. The van der Waals surface area contributed by atoms with Gasteiger partial charge in [-0.1, -0.05) is 25.6 Å². The zero-order chi connectivity index (χ0) is 15.9. The maximum atomic E-state index is 12.4. The van der Waals surface area contributed by atoms with Gasteiger partial charge in [-0.3, -0.25) is 9.79 Å². The van der Waals surface area contributed by atoms with Crippen LogP contribution in [0.3, 0.4) is 0 Å². The lowest BCUT2D eigenvalue weighted by atomic mass is 9.98. The predicted octanol–water partition coefficient (Wildman–Crippen LogP) is 2.63. The predicted molar refractivity (Wildman–Crippen MR) is 87.1 cm³/mol. The number of hydrogen-bond donors (Lipinski definition) is 1. The summed E-state index contributed by atoms with van der Waals surface area (Å²) in [6.45, 7) is 6.74. The van der Waals surface area contributed by atoms with Crippen LogP contribution in [0.15, 0.2) is 16.1 Å². The van der Waals surface area contributed by atoms with Gasteiger partial charge in [-0.15, -0.1) is 0 Å². The molecule has 2 atom stereocenters. The lowest BCUT2D eigenvalue weighted by molar-refractivity contribution is -0.119. The van der Waals surface area contributed by atoms with E-state index in [1.165, 1.54) is 11.8 Å². The summed E-state index contributed by atoms with van der Waals surface area (Å²) >= 11 is 1.52. The third-order valence-corrected chi connectivity index (χ3v) is 5.04. The van der Waals surface area contributed by atoms with Gasteiger partial charge in [-0.05, 0) is 24.5 Å². The number of carbonyl (C=O) groups is 1. The normalized spacial score (nSPS) is 23.1. The summed E-state index contributed by atoms with van der Waals surface area (Å²) < 4.78 is 5.32. The summed E-state index contributed by atoms with van der Waals surface area (Å²) in [7, 11) is 1.68. The van der Waals surface area contributed by atoms with E-state index in [4.69, 9.17) is 9.73 Å². The zero-order valence-electron chi connectivity index (χ0n) is 13.3. The number of thioether (sulfide) groups is 1. The van der Waals surface area contributed by atoms with Crippen LogP contribution in [-0.2, 0) is 16.1 Å². The number of hydrogen-bond acceptors (Lipinski definition) is 5. The Balaban J connectivity index is 2.04. The van der Waals surface area contributed by atoms with Crippen molar-refractivity contribution >= 4 is 23.5 Å². The molecule has 0 aromatic carbocycles. The molecule has 1 aromatic rings. The van der Waals surface area contributed by atoms with Crippen molar-refractivity contribution in [2.24, 2.45) is 10.9 Å². The molecule has 2 aliphatic heterocycles. The minimum absolute atomic E-state index is 0.0414. The molecule has 2 aliphatic rings. The first-order chi connectivity index (χ1) is 10.5. The number of amides is 1. The SMILES string of the molecule is COCc1cc(C)nc2c1C1N=C(CC(C)C)NC(=O)C1S2. The molecule has 0 aliphatic carbocycles. The Bertz CT molecular complexity index is 643. The molecule has 22 heavy (non-hydrogen) atoms. The van der Waals surface area contributed by atoms with Crippen LogP contribution in [0, 0.1) is 12.8 Å². The van der Waals surface area contributed by atoms with Crippen LogP contribution in [0.4, 0.5) is 0 Å². The number of aromatic nitrogens is 1. The molecule has 0 saturated carbocycles. The number of aliphatic imine (C=N–C) groups is 1. The standard InChI is InChI=1S/C16H21N3O2S/c1-8(2)5-11-18-13-12-10(7-21-4)6-9(3)17-16(12)22-14(13)15(20)19-11/h6,8,13-14H,5,7H2,1-4H3,(H,18,19,20). The molecule has 0 radical (unpaired) electrons. The summed E-state index contributed by atoms with van der Waals surface area (Å²) in [5.41, 5.74) is 3.11. The molecule has 0 spiro atoms. The van der Waals surface area contributed by atoms with E-state index in [2.05, 4.69) is 24.1 Å². The number of methoxy groups -OCH3 is 1. The number of rotatable bonds is 4. The number of carbonyl (C=O) groups excluding carboxylic acids is 1. The van der Waals surface area contributed by atoms with Crippen molar-refractivity contribution in [1.29, 1.82) is 0 Å². The van der Waals surface area contributed by atoms with E-state index < -0.39 is 0 Å². The highest BCUT2D eigenvalue weighted by molar-refractivity contribution is 8.01. The molecule has 1 amide bonds. The van der Waals surface area contributed by atoms with Crippen LogP contribution >= 0.6 is 11.8 Å². The second-order valence-electron chi connectivity index (χ2n) is 6.22. The van der Waals surface area contributed by atoms with E-state index in [0.29, 0.717) is 12.5 Å². The molecule has 0 fully saturated rings. The molecule has 3 rings (SSSR count). The lowest BCUT2D eigenvalue weighted by Crippen LogP contribution is -2.43. The molecular weight excluding hydrogens is 298 g/mol. The maximum Gasteiger partial charge on any atom is 0.241 e. The van der Waals surface area contributed by atoms with Crippen LogP contribution in [0.5, 0.6) is 0 Å². The van der Waals surface area contributed by atoms with Gasteiger partial charge in [-0.2, -0.15) is 0 Å². The quantitative estimate of drug-likeness (QED) is 0.926. The van der Waals surface area contributed by atoms with E-state index >= 15 is 0 Å². The topological polar surface area (TPSA) is 63.6 Å². The van der Waals surface area contributed by atoms with E-state index in [1.54, 1.807) is 7.11 Å². The third-order valence-electron chi connectivity index (χ3n) is 3.78. The average molecular weight is 319 g/mol. The summed E-state index contributed by atoms with van der Waals surface area (Å²) in [5, 5.41) is 3.66. The number of nitrogens with one attached hydrogen (secondary N) is 1. The Morgan fingerprint density at radius 3 is 2.91 bits per heavy atom. The van der Waals surface area contributed by atoms with Gasteiger partial charge in [-0.25, -0.2) is 4.98 Å². The van der Waals surface area contributed by atoms with Crippen molar-refractivity contribution < 1.29 is 9.53 Å². The van der Waals surface area contributed by atoms with Gasteiger partial charge in [0.15, 0.2) is 0 Å². The summed E-state index contributed by atoms with van der Waals surface area (Å²) in [6, 6.07) is 1.90. The van der Waals surface area contributed by atoms with Gasteiger partial charge < -0.3 is 10.1 Å². The van der Waals surface area contributed by atoms with Crippen molar-refractivity contribution in [2.45, 2.75) is 50.1 Å². The summed E-state index contributed by atoms with van der Waals surface area (Å²) in [6.07, 6.45) is 0.786. The molecule has 6 heteroatoms. The molecular formula is C16H21N3O2S. The van der Waals surface area contributed by atoms with Gasteiger partial charge in [0.1, 0.15) is 22.2 Å². The Hall–Kier alpha value is -1.40. The number of fused-ring (bicyclic) bond motifs is 3. The largest absolute Gasteiger partial charge is 0.380 e. The number of aryl methyl sites for hydroxylation is 1. The molecule has 0 saturated heterocycles. The van der Waals surface area contributed by atoms with Gasteiger partial charge in [0, 0.05) is 24.8 Å². The van der Waals surface area contributed by atoms with Gasteiger partial charge in [0.2, 0.25) is 5.91 Å². The van der Waals surface area contributed by atoms with Gasteiger partial charge >= 0.3 is 0 Å². The molecule has 3 heterocycles. The van der Waals surface area contributed by atoms with E-state index in [0.717, 1.165) is 34.1 Å². The van der Waals surface area contributed by atoms with Crippen molar-refractivity contribution in [3.05, 3.63) is 22.9 Å². The molecule has 1 N–H and O–H groups in total. The number of nitrogens with zero attached hydrogens (tertiary/aromatic N) is 2. The second kappa shape index (κ2) is 6.01. The first kappa shape index (κ1) is 15.5. The average Bonchev–Trinajstić information content (AvgIpc) is 2.77. The highest BCUT2D eigenvalue weighted by Crippen LogP contribution is 2.48. The van der Waals surface area contributed by atoms with Gasteiger partial charge in [0.05, 0.1) is 6.61 Å². The molecule has 0 bridgehead atoms. The van der Waals surface area contributed by atoms with Crippen molar-refractivity contribution in [3.8, 4) is 0 Å². The fourth-order valence-electron chi connectivity index (χ4n) is 2.97. The van der Waals surface area contributed by atoms with Gasteiger partial charge in [0.25, 0.3) is 0 Å². The first-order valence-electron chi connectivity index (χ1n) is 7.53. The zero-order valence-corrected chi connectivity index (χ0v) is 14.2. The smallest absolute Gasteiger partial charge is 0.241 e. The van der Waals surface area contributed by atoms with Crippen LogP contribution in [-0.4, -0.2) is 29.1 Å². The Morgan fingerprint density at radius 1 is 1.45 bits per heavy atom. The number of amidine groups is 1. The highest BCUT2D eigenvalue weighted by atomic mass is 32.2. The number of ether oxygens (including phenoxy) is 1. The van der Waals surface area contributed by atoms with E-state index in [9.17, 15) is 4.79 Å². The minimum Gasteiger partial charge on any atom is -0.380 e. The summed E-state index contributed by atoms with van der Waals surface area (Å²) in [4.78, 5) is 21.8. The third kappa shape index (κ3) is 2.77. The Labute approximate surface area is 134 Å². The Kier molecular flexibility index (Phi) is 4.23. The van der Waals surface area contributed by atoms with Crippen molar-refractivity contribution in [1.82, 2.24) is 10.3 Å². The first-order valence-corrected chi connectivity index (χ1v) is 8.41. The summed E-state index contributed by atoms with van der Waals surface area (Å²) in [5.74, 6) is 1.29. The molecule has 5 nitrogen and oxygen atoms in total. The molecule has 118 valence electrons. The fourth-order valence-corrected chi connectivity index (χ4v) is 4.28. The van der Waals surface area contributed by atoms with Crippen LogP contribution < -0.4 is 5.32 Å². The Morgan fingerprint density at radius 2 is 2.23 bits per heavy atom. The van der Waals surface area contributed by atoms with Crippen molar-refractivity contribution in [3.63, 3.8) is 0 Å². The van der Waals surface area contributed by atoms with E-state index in [-0.39, 0.29) is 17.2 Å². The lowest BCUT2D eigenvalue weighted by Gasteiger charge is -2.25. The minimum atomic E-state index is -0.212. The maximum absolute atomic E-state index is 12.4. The molecule has 1 aromatic heterocycles. The number of pyridine rings is 1. The van der Waals surface area contributed by atoms with E-state index in [1.807, 2.05) is 13.0 Å². The van der Waals surface area contributed by atoms with Crippen molar-refractivity contribution in [2.75, 3.05) is 7.11 Å². The second-order valence-corrected chi connectivity index (χ2v) is 7.35. The fraction of sp³-hybridized carbons (Fsp3) is 0.562.